The lowest BCUT2D eigenvalue weighted by Crippen LogP contribution is -2.30. The summed E-state index contributed by atoms with van der Waals surface area (Å²) in [5.41, 5.74) is 2.57. The number of halogens is 1. The molecule has 1 atom stereocenters. The Labute approximate surface area is 168 Å². The normalized spacial score (nSPS) is 16.2. The molecule has 142 valence electrons. The van der Waals surface area contributed by atoms with E-state index >= 15 is 0 Å². The van der Waals surface area contributed by atoms with E-state index in [1.807, 2.05) is 59.5 Å². The maximum Gasteiger partial charge on any atom is 0.255 e. The average molecular weight is 393 g/mol. The third kappa shape index (κ3) is 4.04. The minimum Gasteiger partial charge on any atom is -0.489 e. The zero-order chi connectivity index (χ0) is 19.3. The van der Waals surface area contributed by atoms with Crippen molar-refractivity contribution in [2.24, 2.45) is 0 Å². The summed E-state index contributed by atoms with van der Waals surface area (Å²) in [6.07, 6.45) is 0. The van der Waals surface area contributed by atoms with Gasteiger partial charge in [0.1, 0.15) is 23.5 Å². The van der Waals surface area contributed by atoms with Gasteiger partial charge in [0.25, 0.3) is 5.91 Å². The van der Waals surface area contributed by atoms with Crippen LogP contribution in [0.25, 0.3) is 0 Å². The van der Waals surface area contributed by atoms with E-state index in [0.29, 0.717) is 18.7 Å². The third-order valence-corrected chi connectivity index (χ3v) is 5.91. The van der Waals surface area contributed by atoms with Crippen LogP contribution in [0, 0.1) is 5.82 Å². The third-order valence-electron chi connectivity index (χ3n) is 4.67. The number of carbonyl (C=O) groups is 1. The molecule has 1 saturated heterocycles. The van der Waals surface area contributed by atoms with Crippen LogP contribution in [-0.4, -0.2) is 23.1 Å². The number of benzene rings is 3. The minimum absolute atomic E-state index is 0.0899. The van der Waals surface area contributed by atoms with Gasteiger partial charge in [-0.15, -0.1) is 11.8 Å². The van der Waals surface area contributed by atoms with Gasteiger partial charge in [-0.3, -0.25) is 4.79 Å². The van der Waals surface area contributed by atoms with Gasteiger partial charge in [-0.1, -0.05) is 48.5 Å². The Morgan fingerprint density at radius 1 is 1.00 bits per heavy atom. The molecule has 3 nitrogen and oxygen atoms in total. The van der Waals surface area contributed by atoms with Crippen molar-refractivity contribution in [3.63, 3.8) is 0 Å². The summed E-state index contributed by atoms with van der Waals surface area (Å²) in [6, 6.07) is 23.6. The lowest BCUT2D eigenvalue weighted by Gasteiger charge is -2.26. The monoisotopic (exact) mass is 393 g/mol. The van der Waals surface area contributed by atoms with E-state index in [2.05, 4.69) is 0 Å². The van der Waals surface area contributed by atoms with Crippen LogP contribution in [0.15, 0.2) is 78.9 Å². The van der Waals surface area contributed by atoms with Gasteiger partial charge in [-0.25, -0.2) is 4.39 Å². The van der Waals surface area contributed by atoms with E-state index < -0.39 is 0 Å². The van der Waals surface area contributed by atoms with Gasteiger partial charge in [0, 0.05) is 23.4 Å². The van der Waals surface area contributed by atoms with E-state index in [1.54, 1.807) is 11.8 Å². The SMILES string of the molecule is O=C(c1ccc(F)cc1)N1CCS[C@H]1c1ccccc1OCc1ccccc1. The zero-order valence-corrected chi connectivity index (χ0v) is 16.1. The molecule has 4 rings (SSSR count). The van der Waals surface area contributed by atoms with Gasteiger partial charge in [-0.05, 0) is 35.9 Å². The fourth-order valence-corrected chi connectivity index (χ4v) is 4.53. The van der Waals surface area contributed by atoms with Gasteiger partial charge >= 0.3 is 0 Å². The highest BCUT2D eigenvalue weighted by atomic mass is 32.2. The number of rotatable bonds is 5. The molecule has 0 radical (unpaired) electrons. The summed E-state index contributed by atoms with van der Waals surface area (Å²) >= 11 is 1.72. The number of carbonyl (C=O) groups excluding carboxylic acids is 1. The minimum atomic E-state index is -0.344. The fourth-order valence-electron chi connectivity index (χ4n) is 3.25. The Hall–Kier alpha value is -2.79. The summed E-state index contributed by atoms with van der Waals surface area (Å²) in [4.78, 5) is 14.8. The van der Waals surface area contributed by atoms with Crippen LogP contribution in [0.4, 0.5) is 4.39 Å². The first-order chi connectivity index (χ1) is 13.7. The first-order valence-electron chi connectivity index (χ1n) is 9.16. The molecule has 0 unspecified atom stereocenters. The Morgan fingerprint density at radius 2 is 1.71 bits per heavy atom. The number of hydrogen-bond donors (Lipinski definition) is 0. The van der Waals surface area contributed by atoms with Gasteiger partial charge in [0.05, 0.1) is 0 Å². The second kappa shape index (κ2) is 8.48. The second-order valence-electron chi connectivity index (χ2n) is 6.54. The highest BCUT2D eigenvalue weighted by molar-refractivity contribution is 7.99. The van der Waals surface area contributed by atoms with Gasteiger partial charge < -0.3 is 9.64 Å². The second-order valence-corrected chi connectivity index (χ2v) is 7.73. The van der Waals surface area contributed by atoms with Crippen molar-refractivity contribution in [1.82, 2.24) is 4.90 Å². The highest BCUT2D eigenvalue weighted by Crippen LogP contribution is 2.42. The van der Waals surface area contributed by atoms with Crippen LogP contribution in [-0.2, 0) is 6.61 Å². The van der Waals surface area contributed by atoms with Crippen molar-refractivity contribution in [1.29, 1.82) is 0 Å². The molecular formula is C23H20FNO2S. The lowest BCUT2D eigenvalue weighted by atomic mass is 10.1. The molecule has 0 spiro atoms. The molecule has 0 aliphatic carbocycles. The molecule has 0 aromatic heterocycles. The lowest BCUT2D eigenvalue weighted by molar-refractivity contribution is 0.0759. The first-order valence-corrected chi connectivity index (χ1v) is 10.2. The zero-order valence-electron chi connectivity index (χ0n) is 15.3. The highest BCUT2D eigenvalue weighted by Gasteiger charge is 2.33. The maximum atomic E-state index is 13.2. The predicted molar refractivity (Wildman–Crippen MR) is 110 cm³/mol. The van der Waals surface area contributed by atoms with Crippen molar-refractivity contribution in [2.45, 2.75) is 12.0 Å². The topological polar surface area (TPSA) is 29.5 Å². The number of amides is 1. The number of thioether (sulfide) groups is 1. The van der Waals surface area contributed by atoms with Gasteiger partial charge in [-0.2, -0.15) is 0 Å². The number of para-hydroxylation sites is 1. The van der Waals surface area contributed by atoms with Crippen LogP contribution < -0.4 is 4.74 Å². The Balaban J connectivity index is 1.55. The van der Waals surface area contributed by atoms with Crippen molar-refractivity contribution in [2.75, 3.05) is 12.3 Å². The Kier molecular flexibility index (Phi) is 5.63. The molecule has 3 aromatic carbocycles. The van der Waals surface area contributed by atoms with E-state index in [9.17, 15) is 9.18 Å². The standard InChI is InChI=1S/C23H20FNO2S/c24-19-12-10-18(11-13-19)22(26)25-14-15-28-23(25)20-8-4-5-9-21(20)27-16-17-6-2-1-3-7-17/h1-13,23H,14-16H2/t23-/m0/s1. The van der Waals surface area contributed by atoms with E-state index in [0.717, 1.165) is 22.6 Å². The largest absolute Gasteiger partial charge is 0.489 e. The molecule has 1 aliphatic rings. The number of ether oxygens (including phenoxy) is 1. The fraction of sp³-hybridized carbons (Fsp3) is 0.174. The maximum absolute atomic E-state index is 13.2. The quantitative estimate of drug-likeness (QED) is 0.590. The van der Waals surface area contributed by atoms with Crippen LogP contribution in [0.3, 0.4) is 0 Å². The predicted octanol–water partition coefficient (Wildman–Crippen LogP) is 5.29. The molecule has 3 aromatic rings. The molecule has 28 heavy (non-hydrogen) atoms. The molecule has 1 fully saturated rings. The van der Waals surface area contributed by atoms with Gasteiger partial charge in [0.15, 0.2) is 0 Å². The van der Waals surface area contributed by atoms with Crippen LogP contribution in [0.2, 0.25) is 0 Å². The smallest absolute Gasteiger partial charge is 0.255 e. The Bertz CT molecular complexity index is 946. The Morgan fingerprint density at radius 3 is 2.50 bits per heavy atom. The van der Waals surface area contributed by atoms with E-state index in [-0.39, 0.29) is 17.1 Å². The first kappa shape index (κ1) is 18.6. The van der Waals surface area contributed by atoms with Crippen molar-refractivity contribution < 1.29 is 13.9 Å². The molecule has 1 heterocycles. The molecule has 5 heteroatoms. The van der Waals surface area contributed by atoms with Crippen LogP contribution in [0.5, 0.6) is 5.75 Å². The van der Waals surface area contributed by atoms with Crippen molar-refractivity contribution in [3.8, 4) is 5.75 Å². The van der Waals surface area contributed by atoms with Gasteiger partial charge in [0.2, 0.25) is 0 Å². The summed E-state index contributed by atoms with van der Waals surface area (Å²) in [6.45, 7) is 1.12. The summed E-state index contributed by atoms with van der Waals surface area (Å²) in [7, 11) is 0. The summed E-state index contributed by atoms with van der Waals surface area (Å²) in [5.74, 6) is 1.20. The summed E-state index contributed by atoms with van der Waals surface area (Å²) in [5, 5.41) is -0.121. The molecule has 1 amide bonds. The molecule has 1 aliphatic heterocycles. The van der Waals surface area contributed by atoms with Crippen LogP contribution in [0.1, 0.15) is 26.9 Å². The molecule has 0 saturated carbocycles. The van der Waals surface area contributed by atoms with E-state index in [1.165, 1.54) is 24.3 Å². The molecule has 0 N–H and O–H groups in total. The number of hydrogen-bond acceptors (Lipinski definition) is 3. The van der Waals surface area contributed by atoms with E-state index in [4.69, 9.17) is 4.74 Å². The average Bonchev–Trinajstić information content (AvgIpc) is 3.23. The van der Waals surface area contributed by atoms with Crippen LogP contribution >= 0.6 is 11.8 Å². The number of nitrogens with zero attached hydrogens (tertiary/aromatic N) is 1. The van der Waals surface area contributed by atoms with Crippen molar-refractivity contribution >= 4 is 17.7 Å². The molecule has 0 bridgehead atoms. The summed E-state index contributed by atoms with van der Waals surface area (Å²) < 4.78 is 19.3. The van der Waals surface area contributed by atoms with Crippen molar-refractivity contribution in [3.05, 3.63) is 101 Å². The molecular weight excluding hydrogens is 373 g/mol.